The van der Waals surface area contributed by atoms with Crippen molar-refractivity contribution in [3.05, 3.63) is 23.0 Å². The van der Waals surface area contributed by atoms with Crippen LogP contribution in [0.5, 0.6) is 5.75 Å². The second-order valence-corrected chi connectivity index (χ2v) is 5.79. The van der Waals surface area contributed by atoms with Crippen molar-refractivity contribution in [1.82, 2.24) is 10.3 Å². The highest BCUT2D eigenvalue weighted by atomic mass is 16.5. The second-order valence-electron chi connectivity index (χ2n) is 5.79. The SMILES string of the molecule is COc1c(C)cnc(CNCC2CCCCC2O)c1C. The Labute approximate surface area is 121 Å². The Morgan fingerprint density at radius 2 is 2.10 bits per heavy atom. The Hall–Kier alpha value is -1.13. The van der Waals surface area contributed by atoms with Crippen LogP contribution in [0.3, 0.4) is 0 Å². The molecule has 1 saturated carbocycles. The molecule has 4 nitrogen and oxygen atoms in total. The maximum Gasteiger partial charge on any atom is 0.128 e. The molecule has 0 saturated heterocycles. The van der Waals surface area contributed by atoms with E-state index in [4.69, 9.17) is 4.74 Å². The highest BCUT2D eigenvalue weighted by molar-refractivity contribution is 5.40. The summed E-state index contributed by atoms with van der Waals surface area (Å²) in [6.45, 7) is 5.64. The molecule has 20 heavy (non-hydrogen) atoms. The minimum Gasteiger partial charge on any atom is -0.496 e. The Morgan fingerprint density at radius 1 is 1.35 bits per heavy atom. The zero-order valence-corrected chi connectivity index (χ0v) is 12.8. The van der Waals surface area contributed by atoms with E-state index < -0.39 is 0 Å². The fourth-order valence-electron chi connectivity index (χ4n) is 3.05. The van der Waals surface area contributed by atoms with Gasteiger partial charge in [0.05, 0.1) is 18.9 Å². The van der Waals surface area contributed by atoms with Gasteiger partial charge in [0.15, 0.2) is 0 Å². The first kappa shape index (κ1) is 15.3. The van der Waals surface area contributed by atoms with Gasteiger partial charge in [-0.1, -0.05) is 12.8 Å². The Morgan fingerprint density at radius 3 is 2.80 bits per heavy atom. The molecule has 1 aliphatic carbocycles. The van der Waals surface area contributed by atoms with Gasteiger partial charge >= 0.3 is 0 Å². The lowest BCUT2D eigenvalue weighted by atomic mass is 9.86. The molecule has 1 aromatic heterocycles. The first-order valence-corrected chi connectivity index (χ1v) is 7.51. The van der Waals surface area contributed by atoms with Crippen molar-refractivity contribution >= 4 is 0 Å². The molecule has 0 amide bonds. The van der Waals surface area contributed by atoms with Crippen LogP contribution in [-0.4, -0.2) is 29.8 Å². The molecule has 2 atom stereocenters. The molecule has 2 N–H and O–H groups in total. The molecule has 0 spiro atoms. The van der Waals surface area contributed by atoms with Crippen molar-refractivity contribution < 1.29 is 9.84 Å². The number of rotatable bonds is 5. The van der Waals surface area contributed by atoms with Crippen LogP contribution < -0.4 is 10.1 Å². The molecule has 0 aliphatic heterocycles. The molecule has 0 bridgehead atoms. The van der Waals surface area contributed by atoms with Gasteiger partial charge in [-0.3, -0.25) is 4.98 Å². The first-order chi connectivity index (χ1) is 9.63. The van der Waals surface area contributed by atoms with Gasteiger partial charge in [-0.05, 0) is 32.6 Å². The highest BCUT2D eigenvalue weighted by Crippen LogP contribution is 2.25. The van der Waals surface area contributed by atoms with Gasteiger partial charge in [-0.15, -0.1) is 0 Å². The lowest BCUT2D eigenvalue weighted by molar-refractivity contribution is 0.0694. The fourth-order valence-corrected chi connectivity index (χ4v) is 3.05. The highest BCUT2D eigenvalue weighted by Gasteiger charge is 2.22. The standard InChI is InChI=1S/C16H26N2O2/c1-11-8-18-14(12(2)16(11)20-3)10-17-9-13-6-4-5-7-15(13)19/h8,13,15,17,19H,4-7,9-10H2,1-3H3. The first-order valence-electron chi connectivity index (χ1n) is 7.51. The van der Waals surface area contributed by atoms with Crippen molar-refractivity contribution in [3.63, 3.8) is 0 Å². The van der Waals surface area contributed by atoms with Gasteiger partial charge < -0.3 is 15.2 Å². The molecule has 1 aromatic rings. The molecular formula is C16H26N2O2. The van der Waals surface area contributed by atoms with Gasteiger partial charge in [-0.2, -0.15) is 0 Å². The van der Waals surface area contributed by atoms with E-state index in [1.165, 1.54) is 6.42 Å². The number of aliphatic hydroxyl groups is 1. The lowest BCUT2D eigenvalue weighted by Crippen LogP contribution is -2.33. The third kappa shape index (κ3) is 3.49. The Kier molecular flexibility index (Phi) is 5.38. The number of methoxy groups -OCH3 is 1. The monoisotopic (exact) mass is 278 g/mol. The van der Waals surface area contributed by atoms with E-state index in [9.17, 15) is 5.11 Å². The maximum absolute atomic E-state index is 9.96. The van der Waals surface area contributed by atoms with E-state index in [0.29, 0.717) is 5.92 Å². The van der Waals surface area contributed by atoms with Crippen molar-refractivity contribution in [2.75, 3.05) is 13.7 Å². The number of aliphatic hydroxyl groups excluding tert-OH is 1. The zero-order chi connectivity index (χ0) is 14.5. The molecule has 2 unspecified atom stereocenters. The average molecular weight is 278 g/mol. The summed E-state index contributed by atoms with van der Waals surface area (Å²) in [5, 5.41) is 13.4. The van der Waals surface area contributed by atoms with Crippen LogP contribution in [0.1, 0.15) is 42.5 Å². The summed E-state index contributed by atoms with van der Waals surface area (Å²) in [4.78, 5) is 4.48. The van der Waals surface area contributed by atoms with E-state index in [2.05, 4.69) is 10.3 Å². The summed E-state index contributed by atoms with van der Waals surface area (Å²) in [6.07, 6.45) is 6.18. The van der Waals surface area contributed by atoms with Crippen LogP contribution in [0.15, 0.2) is 6.20 Å². The zero-order valence-electron chi connectivity index (χ0n) is 12.8. The van der Waals surface area contributed by atoms with Crippen molar-refractivity contribution in [2.24, 2.45) is 5.92 Å². The van der Waals surface area contributed by atoms with Crippen LogP contribution >= 0.6 is 0 Å². The molecule has 0 radical (unpaired) electrons. The predicted molar refractivity (Wildman–Crippen MR) is 79.9 cm³/mol. The summed E-state index contributed by atoms with van der Waals surface area (Å²) in [5.74, 6) is 1.31. The minimum atomic E-state index is -0.141. The number of nitrogens with one attached hydrogen (secondary N) is 1. The number of ether oxygens (including phenoxy) is 1. The van der Waals surface area contributed by atoms with Crippen LogP contribution in [-0.2, 0) is 6.54 Å². The third-order valence-electron chi connectivity index (χ3n) is 4.32. The molecule has 0 aromatic carbocycles. The number of aryl methyl sites for hydroxylation is 1. The number of pyridine rings is 1. The topological polar surface area (TPSA) is 54.4 Å². The molecular weight excluding hydrogens is 252 g/mol. The molecule has 1 fully saturated rings. The largest absolute Gasteiger partial charge is 0.496 e. The molecule has 4 heteroatoms. The van der Waals surface area contributed by atoms with Gasteiger partial charge in [0.1, 0.15) is 5.75 Å². The average Bonchev–Trinajstić information content (AvgIpc) is 2.44. The van der Waals surface area contributed by atoms with Crippen LogP contribution in [0.25, 0.3) is 0 Å². The van der Waals surface area contributed by atoms with E-state index in [-0.39, 0.29) is 6.10 Å². The Bertz CT molecular complexity index is 448. The van der Waals surface area contributed by atoms with Gasteiger partial charge in [0.2, 0.25) is 0 Å². The van der Waals surface area contributed by atoms with Crippen molar-refractivity contribution in [1.29, 1.82) is 0 Å². The molecule has 2 rings (SSSR count). The minimum absolute atomic E-state index is 0.141. The van der Waals surface area contributed by atoms with Crippen molar-refractivity contribution in [3.8, 4) is 5.75 Å². The Balaban J connectivity index is 1.91. The maximum atomic E-state index is 9.96. The smallest absolute Gasteiger partial charge is 0.128 e. The molecule has 1 heterocycles. The quantitative estimate of drug-likeness (QED) is 0.868. The summed E-state index contributed by atoms with van der Waals surface area (Å²) in [7, 11) is 1.70. The van der Waals surface area contributed by atoms with Crippen molar-refractivity contribution in [2.45, 2.75) is 52.2 Å². The number of hydrogen-bond donors (Lipinski definition) is 2. The van der Waals surface area contributed by atoms with E-state index in [1.807, 2.05) is 20.0 Å². The van der Waals surface area contributed by atoms with Gasteiger partial charge in [0, 0.05) is 30.4 Å². The summed E-state index contributed by atoms with van der Waals surface area (Å²) in [5.41, 5.74) is 3.19. The van der Waals surface area contributed by atoms with Crippen LogP contribution in [0.2, 0.25) is 0 Å². The predicted octanol–water partition coefficient (Wildman–Crippen LogP) is 2.35. The lowest BCUT2D eigenvalue weighted by Gasteiger charge is -2.27. The second kappa shape index (κ2) is 7.04. The number of nitrogens with zero attached hydrogens (tertiary/aromatic N) is 1. The summed E-state index contributed by atoms with van der Waals surface area (Å²) >= 11 is 0. The third-order valence-corrected chi connectivity index (χ3v) is 4.32. The summed E-state index contributed by atoms with van der Waals surface area (Å²) in [6, 6.07) is 0. The van der Waals surface area contributed by atoms with E-state index >= 15 is 0 Å². The van der Waals surface area contributed by atoms with Gasteiger partial charge in [0.25, 0.3) is 0 Å². The van der Waals surface area contributed by atoms with Crippen LogP contribution in [0, 0.1) is 19.8 Å². The fraction of sp³-hybridized carbons (Fsp3) is 0.688. The number of hydrogen-bond acceptors (Lipinski definition) is 4. The van der Waals surface area contributed by atoms with E-state index in [1.54, 1.807) is 7.11 Å². The molecule has 112 valence electrons. The van der Waals surface area contributed by atoms with E-state index in [0.717, 1.165) is 54.9 Å². The summed E-state index contributed by atoms with van der Waals surface area (Å²) < 4.78 is 5.42. The van der Waals surface area contributed by atoms with Gasteiger partial charge in [-0.25, -0.2) is 0 Å². The normalized spacial score (nSPS) is 22.8. The van der Waals surface area contributed by atoms with Crippen LogP contribution in [0.4, 0.5) is 0 Å². The molecule has 1 aliphatic rings. The number of aromatic nitrogens is 1.